The Kier molecular flexibility index (Phi) is 4.77. The summed E-state index contributed by atoms with van der Waals surface area (Å²) < 4.78 is 0. The van der Waals surface area contributed by atoms with Crippen LogP contribution in [0.2, 0.25) is 0 Å². The van der Waals surface area contributed by atoms with Crippen molar-refractivity contribution in [3.8, 4) is 0 Å². The molecule has 2 aromatic rings. The predicted molar refractivity (Wildman–Crippen MR) is 88.3 cm³/mol. The highest BCUT2D eigenvalue weighted by Gasteiger charge is 2.03. The molecule has 108 valence electrons. The van der Waals surface area contributed by atoms with Crippen LogP contribution >= 0.6 is 0 Å². The molecule has 0 aliphatic carbocycles. The van der Waals surface area contributed by atoms with Crippen LogP contribution in [0.25, 0.3) is 6.08 Å². The Balaban J connectivity index is 1.93. The molecule has 3 nitrogen and oxygen atoms in total. The van der Waals surface area contributed by atoms with Gasteiger partial charge >= 0.3 is 6.03 Å². The van der Waals surface area contributed by atoms with E-state index >= 15 is 0 Å². The molecular weight excluding hydrogens is 260 g/mol. The third kappa shape index (κ3) is 4.21. The summed E-state index contributed by atoms with van der Waals surface area (Å²) in [5, 5.41) is 5.56. The Morgan fingerprint density at radius 2 is 1.71 bits per heavy atom. The maximum absolute atomic E-state index is 11.8. The zero-order chi connectivity index (χ0) is 15.2. The fourth-order valence-electron chi connectivity index (χ4n) is 1.94. The normalized spacial score (nSPS) is 10.6. The molecule has 0 saturated heterocycles. The van der Waals surface area contributed by atoms with Crippen molar-refractivity contribution in [2.75, 3.05) is 5.32 Å². The Morgan fingerprint density at radius 1 is 1.00 bits per heavy atom. The van der Waals surface area contributed by atoms with Gasteiger partial charge in [-0.25, -0.2) is 4.79 Å². The van der Waals surface area contributed by atoms with E-state index in [-0.39, 0.29) is 6.03 Å². The number of anilines is 1. The van der Waals surface area contributed by atoms with Crippen LogP contribution in [0.5, 0.6) is 0 Å². The summed E-state index contributed by atoms with van der Waals surface area (Å²) in [4.78, 5) is 11.8. The van der Waals surface area contributed by atoms with Crippen molar-refractivity contribution < 1.29 is 4.79 Å². The van der Waals surface area contributed by atoms with E-state index in [1.54, 1.807) is 6.20 Å². The smallest absolute Gasteiger partial charge is 0.314 e. The van der Waals surface area contributed by atoms with Gasteiger partial charge in [0.25, 0.3) is 0 Å². The monoisotopic (exact) mass is 280 g/mol. The molecule has 0 spiro atoms. The zero-order valence-electron chi connectivity index (χ0n) is 12.6. The van der Waals surface area contributed by atoms with Crippen LogP contribution in [-0.4, -0.2) is 6.03 Å². The van der Waals surface area contributed by atoms with E-state index in [4.69, 9.17) is 0 Å². The molecule has 0 aliphatic rings. The summed E-state index contributed by atoms with van der Waals surface area (Å²) in [6.45, 7) is 6.06. The van der Waals surface area contributed by atoms with Gasteiger partial charge in [-0.15, -0.1) is 0 Å². The molecule has 0 fully saturated rings. The van der Waals surface area contributed by atoms with Crippen LogP contribution in [0.3, 0.4) is 0 Å². The van der Waals surface area contributed by atoms with Gasteiger partial charge in [-0.3, -0.25) is 0 Å². The van der Waals surface area contributed by atoms with Gasteiger partial charge < -0.3 is 10.6 Å². The SMILES string of the molecule is Cc1ccc(/C=C/NC(=O)Nc2cccc(C)c2C)cc1. The van der Waals surface area contributed by atoms with Crippen molar-refractivity contribution in [2.24, 2.45) is 0 Å². The summed E-state index contributed by atoms with van der Waals surface area (Å²) in [5.74, 6) is 0. The minimum absolute atomic E-state index is 0.243. The summed E-state index contributed by atoms with van der Waals surface area (Å²) in [6.07, 6.45) is 3.51. The van der Waals surface area contributed by atoms with Crippen molar-refractivity contribution in [3.63, 3.8) is 0 Å². The minimum atomic E-state index is -0.243. The van der Waals surface area contributed by atoms with Crippen LogP contribution in [0.4, 0.5) is 10.5 Å². The van der Waals surface area contributed by atoms with Gasteiger partial charge in [0.05, 0.1) is 0 Å². The maximum atomic E-state index is 11.8. The number of hydrogen-bond donors (Lipinski definition) is 2. The van der Waals surface area contributed by atoms with Crippen molar-refractivity contribution in [3.05, 3.63) is 70.9 Å². The molecule has 0 aliphatic heterocycles. The van der Waals surface area contributed by atoms with Gasteiger partial charge in [0.2, 0.25) is 0 Å². The van der Waals surface area contributed by atoms with Crippen LogP contribution < -0.4 is 10.6 Å². The number of carbonyl (C=O) groups is 1. The van der Waals surface area contributed by atoms with Gasteiger partial charge in [0.15, 0.2) is 0 Å². The third-order valence-corrected chi connectivity index (χ3v) is 3.42. The fourth-order valence-corrected chi connectivity index (χ4v) is 1.94. The Bertz CT molecular complexity index is 657. The lowest BCUT2D eigenvalue weighted by Gasteiger charge is -2.09. The van der Waals surface area contributed by atoms with Crippen LogP contribution in [0.1, 0.15) is 22.3 Å². The number of carbonyl (C=O) groups excluding carboxylic acids is 1. The standard InChI is InChI=1S/C18H20N2O/c1-13-7-9-16(10-8-13)11-12-19-18(21)20-17-6-4-5-14(2)15(17)3/h4-12H,1-3H3,(H2,19,20,21)/b12-11+. The van der Waals surface area contributed by atoms with Crippen LogP contribution in [0, 0.1) is 20.8 Å². The largest absolute Gasteiger partial charge is 0.323 e. The second-order valence-corrected chi connectivity index (χ2v) is 5.09. The van der Waals surface area contributed by atoms with Gasteiger partial charge in [0, 0.05) is 11.9 Å². The number of amides is 2. The quantitative estimate of drug-likeness (QED) is 0.859. The van der Waals surface area contributed by atoms with Gasteiger partial charge in [-0.1, -0.05) is 42.0 Å². The van der Waals surface area contributed by atoms with E-state index < -0.39 is 0 Å². The maximum Gasteiger partial charge on any atom is 0.323 e. The third-order valence-electron chi connectivity index (χ3n) is 3.42. The number of urea groups is 1. The molecule has 0 heterocycles. The molecule has 21 heavy (non-hydrogen) atoms. The van der Waals surface area contributed by atoms with Gasteiger partial charge in [0.1, 0.15) is 0 Å². The number of hydrogen-bond acceptors (Lipinski definition) is 1. The molecule has 0 bridgehead atoms. The average molecular weight is 280 g/mol. The number of benzene rings is 2. The number of nitrogens with one attached hydrogen (secondary N) is 2. The van der Waals surface area contributed by atoms with Crippen molar-refractivity contribution in [1.29, 1.82) is 0 Å². The first-order chi connectivity index (χ1) is 10.1. The molecule has 2 amide bonds. The molecule has 0 saturated carbocycles. The van der Waals surface area contributed by atoms with Crippen molar-refractivity contribution in [1.82, 2.24) is 5.32 Å². The van der Waals surface area contributed by atoms with Gasteiger partial charge in [-0.05, 0) is 49.6 Å². The fraction of sp³-hybridized carbons (Fsp3) is 0.167. The highest BCUT2D eigenvalue weighted by molar-refractivity contribution is 5.91. The number of rotatable bonds is 3. The molecule has 2 aromatic carbocycles. The topological polar surface area (TPSA) is 41.1 Å². The molecule has 3 heteroatoms. The first-order valence-corrected chi connectivity index (χ1v) is 6.93. The number of aryl methyl sites for hydroxylation is 2. The highest BCUT2D eigenvalue weighted by Crippen LogP contribution is 2.17. The van der Waals surface area contributed by atoms with E-state index in [0.29, 0.717) is 0 Å². The average Bonchev–Trinajstić information content (AvgIpc) is 2.46. The van der Waals surface area contributed by atoms with Crippen LogP contribution in [0.15, 0.2) is 48.7 Å². The molecule has 2 N–H and O–H groups in total. The van der Waals surface area contributed by atoms with E-state index in [0.717, 1.165) is 22.4 Å². The molecular formula is C18H20N2O. The van der Waals surface area contributed by atoms with E-state index in [1.807, 2.05) is 69.3 Å². The lowest BCUT2D eigenvalue weighted by molar-refractivity contribution is 0.255. The highest BCUT2D eigenvalue weighted by atomic mass is 16.2. The molecule has 0 atom stereocenters. The lowest BCUT2D eigenvalue weighted by Crippen LogP contribution is -2.24. The summed E-state index contributed by atoms with van der Waals surface area (Å²) >= 11 is 0. The Morgan fingerprint density at radius 3 is 2.43 bits per heavy atom. The van der Waals surface area contributed by atoms with E-state index in [2.05, 4.69) is 10.6 Å². The second-order valence-electron chi connectivity index (χ2n) is 5.09. The molecule has 0 unspecified atom stereocenters. The summed E-state index contributed by atoms with van der Waals surface area (Å²) in [5.41, 5.74) is 5.33. The van der Waals surface area contributed by atoms with E-state index in [9.17, 15) is 4.79 Å². The Hall–Kier alpha value is -2.55. The second kappa shape index (κ2) is 6.75. The predicted octanol–water partition coefficient (Wildman–Crippen LogP) is 4.40. The summed E-state index contributed by atoms with van der Waals surface area (Å²) in [7, 11) is 0. The molecule has 0 aromatic heterocycles. The van der Waals surface area contributed by atoms with Crippen molar-refractivity contribution >= 4 is 17.8 Å². The Labute approximate surface area is 125 Å². The molecule has 2 rings (SSSR count). The molecule has 0 radical (unpaired) electrons. The van der Waals surface area contributed by atoms with Crippen LogP contribution in [-0.2, 0) is 0 Å². The summed E-state index contributed by atoms with van der Waals surface area (Å²) in [6, 6.07) is 13.7. The minimum Gasteiger partial charge on any atom is -0.314 e. The van der Waals surface area contributed by atoms with Crippen molar-refractivity contribution in [2.45, 2.75) is 20.8 Å². The zero-order valence-corrected chi connectivity index (χ0v) is 12.6. The van der Waals surface area contributed by atoms with E-state index in [1.165, 1.54) is 5.56 Å². The first-order valence-electron chi connectivity index (χ1n) is 6.93. The lowest BCUT2D eigenvalue weighted by atomic mass is 10.1. The van der Waals surface area contributed by atoms with Gasteiger partial charge in [-0.2, -0.15) is 0 Å². The first kappa shape index (κ1) is 14.9.